The summed E-state index contributed by atoms with van der Waals surface area (Å²) in [5.74, 6) is 0. The summed E-state index contributed by atoms with van der Waals surface area (Å²) in [5, 5.41) is 7.55. The van der Waals surface area contributed by atoms with E-state index in [4.69, 9.17) is 11.6 Å². The van der Waals surface area contributed by atoms with Crippen LogP contribution in [-0.2, 0) is 6.18 Å². The molecule has 0 amide bonds. The Morgan fingerprint density at radius 3 is 2.44 bits per heavy atom. The minimum absolute atomic E-state index is 0.0783. The van der Waals surface area contributed by atoms with Crippen LogP contribution in [0, 0.1) is 0 Å². The fourth-order valence-corrected chi connectivity index (χ4v) is 2.47. The second-order valence-corrected chi connectivity index (χ2v) is 5.76. The Labute approximate surface area is 156 Å². The van der Waals surface area contributed by atoms with Gasteiger partial charge in [0.1, 0.15) is 10.7 Å². The predicted octanol–water partition coefficient (Wildman–Crippen LogP) is 4.35. The van der Waals surface area contributed by atoms with E-state index < -0.39 is 17.3 Å². The molecular weight excluding hydrogens is 381 g/mol. The number of hydrazone groups is 1. The Hall–Kier alpha value is -3.13. The van der Waals surface area contributed by atoms with Crippen LogP contribution < -0.4 is 11.0 Å². The summed E-state index contributed by atoms with van der Waals surface area (Å²) in [6.07, 6.45) is -2.23. The van der Waals surface area contributed by atoms with Crippen LogP contribution in [0.4, 0.5) is 18.9 Å². The number of nitrogens with zero attached hydrogens (tertiary/aromatic N) is 3. The number of aromatic nitrogens is 2. The third kappa shape index (κ3) is 4.17. The summed E-state index contributed by atoms with van der Waals surface area (Å²) in [6, 6.07) is 13.6. The van der Waals surface area contributed by atoms with Crippen molar-refractivity contribution in [3.63, 3.8) is 0 Å². The van der Waals surface area contributed by atoms with Crippen molar-refractivity contribution in [2.75, 3.05) is 5.43 Å². The SMILES string of the molecule is O=c1c(Cl)c(N/N=C\c2ccccc2C(F)(F)F)cnn1-c1ccccc1. The molecular formula is C18H12ClF3N4O. The summed E-state index contributed by atoms with van der Waals surface area (Å²) in [4.78, 5) is 12.3. The second-order valence-electron chi connectivity index (χ2n) is 5.38. The predicted molar refractivity (Wildman–Crippen MR) is 97.5 cm³/mol. The molecule has 0 fully saturated rings. The fourth-order valence-electron chi connectivity index (χ4n) is 2.30. The lowest BCUT2D eigenvalue weighted by molar-refractivity contribution is -0.137. The maximum atomic E-state index is 13.0. The van der Waals surface area contributed by atoms with Gasteiger partial charge < -0.3 is 0 Å². The maximum absolute atomic E-state index is 13.0. The van der Waals surface area contributed by atoms with Crippen LogP contribution in [0.2, 0.25) is 5.02 Å². The van der Waals surface area contributed by atoms with E-state index in [2.05, 4.69) is 15.6 Å². The third-order valence-electron chi connectivity index (χ3n) is 3.57. The van der Waals surface area contributed by atoms with Gasteiger partial charge in [0.05, 0.1) is 23.7 Å². The standard InChI is InChI=1S/C18H12ClF3N4O/c19-16-15(11-24-26(17(16)27)13-7-2-1-3-8-13)25-23-10-12-6-4-5-9-14(12)18(20,21)22/h1-11,25H/b23-10-. The van der Waals surface area contributed by atoms with E-state index in [-0.39, 0.29) is 16.3 Å². The lowest BCUT2D eigenvalue weighted by Crippen LogP contribution is -2.22. The van der Waals surface area contributed by atoms with Crippen molar-refractivity contribution in [1.29, 1.82) is 0 Å². The van der Waals surface area contributed by atoms with Crippen molar-refractivity contribution < 1.29 is 13.2 Å². The molecule has 3 rings (SSSR count). The minimum atomic E-state index is -4.50. The van der Waals surface area contributed by atoms with Gasteiger partial charge in [-0.3, -0.25) is 10.2 Å². The quantitative estimate of drug-likeness (QED) is 0.530. The molecule has 1 heterocycles. The highest BCUT2D eigenvalue weighted by atomic mass is 35.5. The molecule has 0 saturated carbocycles. The van der Waals surface area contributed by atoms with Gasteiger partial charge >= 0.3 is 6.18 Å². The summed E-state index contributed by atoms with van der Waals surface area (Å²) < 4.78 is 40.0. The maximum Gasteiger partial charge on any atom is 0.417 e. The van der Waals surface area contributed by atoms with E-state index in [0.29, 0.717) is 5.69 Å². The van der Waals surface area contributed by atoms with E-state index in [0.717, 1.165) is 17.0 Å². The topological polar surface area (TPSA) is 59.3 Å². The van der Waals surface area contributed by atoms with Gasteiger partial charge in [0.25, 0.3) is 5.56 Å². The zero-order chi connectivity index (χ0) is 19.4. The monoisotopic (exact) mass is 392 g/mol. The van der Waals surface area contributed by atoms with Crippen molar-refractivity contribution in [3.05, 3.63) is 87.3 Å². The molecule has 0 bridgehead atoms. The molecule has 0 atom stereocenters. The van der Waals surface area contributed by atoms with Gasteiger partial charge in [-0.05, 0) is 18.2 Å². The van der Waals surface area contributed by atoms with Gasteiger partial charge in [0, 0.05) is 5.56 Å². The molecule has 138 valence electrons. The first-order chi connectivity index (χ1) is 12.9. The van der Waals surface area contributed by atoms with Crippen LogP contribution in [0.25, 0.3) is 5.69 Å². The average Bonchev–Trinajstić information content (AvgIpc) is 2.65. The molecule has 0 saturated heterocycles. The smallest absolute Gasteiger partial charge is 0.275 e. The van der Waals surface area contributed by atoms with Gasteiger partial charge in [-0.15, -0.1) is 0 Å². The third-order valence-corrected chi connectivity index (χ3v) is 3.94. The van der Waals surface area contributed by atoms with Crippen molar-refractivity contribution in [2.24, 2.45) is 5.10 Å². The van der Waals surface area contributed by atoms with Crippen molar-refractivity contribution in [1.82, 2.24) is 9.78 Å². The molecule has 0 unspecified atom stereocenters. The molecule has 0 aliphatic rings. The Morgan fingerprint density at radius 2 is 1.74 bits per heavy atom. The normalized spacial score (nSPS) is 11.7. The first-order valence-electron chi connectivity index (χ1n) is 7.66. The number of alkyl halides is 3. The Kier molecular flexibility index (Phi) is 5.27. The molecule has 0 radical (unpaired) electrons. The second kappa shape index (κ2) is 7.63. The highest BCUT2D eigenvalue weighted by Crippen LogP contribution is 2.31. The van der Waals surface area contributed by atoms with Crippen molar-refractivity contribution in [2.45, 2.75) is 6.18 Å². The molecule has 0 spiro atoms. The van der Waals surface area contributed by atoms with Crippen LogP contribution >= 0.6 is 11.6 Å². The summed E-state index contributed by atoms with van der Waals surface area (Å²) in [6.45, 7) is 0. The Bertz CT molecular complexity index is 1030. The van der Waals surface area contributed by atoms with Crippen LogP contribution in [0.5, 0.6) is 0 Å². The molecule has 1 aromatic heterocycles. The summed E-state index contributed by atoms with van der Waals surface area (Å²) in [7, 11) is 0. The zero-order valence-electron chi connectivity index (χ0n) is 13.6. The molecule has 1 N–H and O–H groups in total. The molecule has 0 aliphatic carbocycles. The number of hydrogen-bond acceptors (Lipinski definition) is 4. The van der Waals surface area contributed by atoms with Crippen LogP contribution in [-0.4, -0.2) is 16.0 Å². The highest BCUT2D eigenvalue weighted by molar-refractivity contribution is 6.32. The van der Waals surface area contributed by atoms with E-state index in [1.165, 1.54) is 24.4 Å². The number of benzene rings is 2. The number of para-hydroxylation sites is 1. The molecule has 9 heteroatoms. The first-order valence-corrected chi connectivity index (χ1v) is 8.04. The van der Waals surface area contributed by atoms with Gasteiger partial charge in [0.15, 0.2) is 0 Å². The molecule has 2 aromatic carbocycles. The number of halogens is 4. The summed E-state index contributed by atoms with van der Waals surface area (Å²) >= 11 is 6.04. The van der Waals surface area contributed by atoms with Crippen molar-refractivity contribution >= 4 is 23.5 Å². The number of rotatable bonds is 4. The van der Waals surface area contributed by atoms with Crippen LogP contribution in [0.1, 0.15) is 11.1 Å². The lowest BCUT2D eigenvalue weighted by atomic mass is 10.1. The molecule has 3 aromatic rings. The van der Waals surface area contributed by atoms with Crippen molar-refractivity contribution in [3.8, 4) is 5.69 Å². The zero-order valence-corrected chi connectivity index (χ0v) is 14.4. The number of hydrogen-bond donors (Lipinski definition) is 1. The van der Waals surface area contributed by atoms with Crippen LogP contribution in [0.3, 0.4) is 0 Å². The fraction of sp³-hybridized carbons (Fsp3) is 0.0556. The highest BCUT2D eigenvalue weighted by Gasteiger charge is 2.32. The van der Waals surface area contributed by atoms with Gasteiger partial charge in [-0.1, -0.05) is 48.0 Å². The minimum Gasteiger partial charge on any atom is -0.275 e. The largest absolute Gasteiger partial charge is 0.417 e. The molecule has 27 heavy (non-hydrogen) atoms. The number of nitrogens with one attached hydrogen (secondary N) is 1. The lowest BCUT2D eigenvalue weighted by Gasteiger charge is -2.10. The summed E-state index contributed by atoms with van der Waals surface area (Å²) in [5.41, 5.74) is 1.53. The van der Waals surface area contributed by atoms with Gasteiger partial charge in [-0.25, -0.2) is 0 Å². The molecule has 5 nitrogen and oxygen atoms in total. The average molecular weight is 393 g/mol. The first kappa shape index (κ1) is 18.7. The van der Waals surface area contributed by atoms with Gasteiger partial charge in [-0.2, -0.15) is 28.1 Å². The van der Waals surface area contributed by atoms with E-state index in [1.54, 1.807) is 30.3 Å². The van der Waals surface area contributed by atoms with E-state index in [1.807, 2.05) is 0 Å². The molecule has 0 aliphatic heterocycles. The van der Waals surface area contributed by atoms with Crippen LogP contribution in [0.15, 0.2) is 70.7 Å². The Morgan fingerprint density at radius 1 is 1.07 bits per heavy atom. The Balaban J connectivity index is 1.85. The van der Waals surface area contributed by atoms with E-state index in [9.17, 15) is 18.0 Å². The number of anilines is 1. The van der Waals surface area contributed by atoms with Gasteiger partial charge in [0.2, 0.25) is 0 Å². The van der Waals surface area contributed by atoms with E-state index >= 15 is 0 Å².